The van der Waals surface area contributed by atoms with Gasteiger partial charge in [-0.05, 0) is 38.0 Å². The van der Waals surface area contributed by atoms with E-state index in [0.29, 0.717) is 25.1 Å². The van der Waals surface area contributed by atoms with Crippen LogP contribution in [-0.2, 0) is 22.7 Å². The molecule has 6 nitrogen and oxygen atoms in total. The Morgan fingerprint density at radius 3 is 2.35 bits per heavy atom. The molecule has 2 amide bonds. The van der Waals surface area contributed by atoms with Gasteiger partial charge in [0.1, 0.15) is 12.2 Å². The molecule has 26 heavy (non-hydrogen) atoms. The Morgan fingerprint density at radius 1 is 1.00 bits per heavy atom. The summed E-state index contributed by atoms with van der Waals surface area (Å²) in [5.41, 5.74) is 2.63. The average Bonchev–Trinajstić information content (AvgIpc) is 2.61. The minimum atomic E-state index is -0.375. The molecule has 6 heteroatoms. The van der Waals surface area contributed by atoms with Gasteiger partial charge in [-0.15, -0.1) is 0 Å². The summed E-state index contributed by atoms with van der Waals surface area (Å²) in [6.45, 7) is 5.97. The highest BCUT2D eigenvalue weighted by Gasteiger charge is 2.12. The van der Waals surface area contributed by atoms with E-state index in [4.69, 9.17) is 0 Å². The quantitative estimate of drug-likeness (QED) is 0.801. The minimum Gasteiger partial charge on any atom is -0.350 e. The van der Waals surface area contributed by atoms with E-state index in [9.17, 15) is 14.4 Å². The van der Waals surface area contributed by atoms with Crippen molar-refractivity contribution in [1.82, 2.24) is 9.88 Å². The van der Waals surface area contributed by atoms with Gasteiger partial charge in [-0.2, -0.15) is 0 Å². The molecule has 0 spiro atoms. The number of nitrogens with one attached hydrogen (secondary N) is 2. The second-order valence-corrected chi connectivity index (χ2v) is 6.34. The molecule has 0 radical (unpaired) electrons. The Labute approximate surface area is 153 Å². The first-order valence-corrected chi connectivity index (χ1v) is 8.73. The highest BCUT2D eigenvalue weighted by molar-refractivity contribution is 5.90. The molecule has 1 heterocycles. The van der Waals surface area contributed by atoms with Crippen LogP contribution in [-0.4, -0.2) is 16.4 Å². The second kappa shape index (κ2) is 8.99. The van der Waals surface area contributed by atoms with Crippen LogP contribution < -0.4 is 16.2 Å². The van der Waals surface area contributed by atoms with Gasteiger partial charge in [-0.1, -0.05) is 36.8 Å². The van der Waals surface area contributed by atoms with E-state index in [1.165, 1.54) is 4.57 Å². The number of aryl methyl sites for hydroxylation is 2. The van der Waals surface area contributed by atoms with Crippen LogP contribution in [0.15, 0.2) is 41.2 Å². The number of aromatic nitrogens is 1. The molecule has 0 saturated heterocycles. The van der Waals surface area contributed by atoms with E-state index in [2.05, 4.69) is 10.6 Å². The molecule has 2 N–H and O–H groups in total. The molecule has 0 aliphatic heterocycles. The maximum Gasteiger partial charge on any atom is 0.274 e. The standard InChI is InChI=1S/C20H25N3O3/c1-4-5-18(24)22-17-11-8-15(3)23(20(17)26)13-19(25)21-12-16-9-6-14(2)7-10-16/h6-11H,4-5,12-13H2,1-3H3,(H,21,25)(H,22,24). The summed E-state index contributed by atoms with van der Waals surface area (Å²) in [5.74, 6) is -0.461. The Bertz CT molecular complexity index is 838. The van der Waals surface area contributed by atoms with Crippen LogP contribution >= 0.6 is 0 Å². The molecule has 0 aliphatic carbocycles. The number of hydrogen-bond acceptors (Lipinski definition) is 3. The number of carbonyl (C=O) groups excluding carboxylic acids is 2. The van der Waals surface area contributed by atoms with Crippen molar-refractivity contribution in [3.8, 4) is 0 Å². The molecular weight excluding hydrogens is 330 g/mol. The fourth-order valence-electron chi connectivity index (χ4n) is 2.51. The second-order valence-electron chi connectivity index (χ2n) is 6.34. The number of anilines is 1. The number of nitrogens with zero attached hydrogens (tertiary/aromatic N) is 1. The Morgan fingerprint density at radius 2 is 1.69 bits per heavy atom. The van der Waals surface area contributed by atoms with Gasteiger partial charge in [0.05, 0.1) is 0 Å². The summed E-state index contributed by atoms with van der Waals surface area (Å²) in [6, 6.07) is 11.2. The molecule has 138 valence electrons. The lowest BCUT2D eigenvalue weighted by molar-refractivity contribution is -0.122. The average molecular weight is 355 g/mol. The number of pyridine rings is 1. The van der Waals surface area contributed by atoms with Crippen molar-refractivity contribution in [2.75, 3.05) is 5.32 Å². The molecule has 2 rings (SSSR count). The summed E-state index contributed by atoms with van der Waals surface area (Å²) in [6.07, 6.45) is 1.05. The van der Waals surface area contributed by atoms with Crippen LogP contribution in [0.4, 0.5) is 5.69 Å². The molecular formula is C20H25N3O3. The predicted octanol–water partition coefficient (Wildman–Crippen LogP) is 2.52. The van der Waals surface area contributed by atoms with Gasteiger partial charge in [0, 0.05) is 18.7 Å². The van der Waals surface area contributed by atoms with Crippen molar-refractivity contribution in [3.63, 3.8) is 0 Å². The normalized spacial score (nSPS) is 10.4. The predicted molar refractivity (Wildman–Crippen MR) is 102 cm³/mol. The molecule has 0 aliphatic rings. The first-order chi connectivity index (χ1) is 12.4. The molecule has 1 aromatic carbocycles. The van der Waals surface area contributed by atoms with Gasteiger partial charge in [0.15, 0.2) is 0 Å². The zero-order valence-corrected chi connectivity index (χ0v) is 15.5. The van der Waals surface area contributed by atoms with E-state index in [1.807, 2.05) is 38.1 Å². The lowest BCUT2D eigenvalue weighted by atomic mass is 10.1. The number of hydrogen-bond donors (Lipinski definition) is 2. The number of benzene rings is 1. The third-order valence-corrected chi connectivity index (χ3v) is 4.06. The third-order valence-electron chi connectivity index (χ3n) is 4.06. The van der Waals surface area contributed by atoms with Gasteiger partial charge in [-0.25, -0.2) is 0 Å². The van der Waals surface area contributed by atoms with Crippen molar-refractivity contribution in [2.45, 2.75) is 46.7 Å². The van der Waals surface area contributed by atoms with Gasteiger partial charge < -0.3 is 15.2 Å². The van der Waals surface area contributed by atoms with E-state index in [0.717, 1.165) is 11.1 Å². The van der Waals surface area contributed by atoms with Crippen molar-refractivity contribution < 1.29 is 9.59 Å². The Hall–Kier alpha value is -2.89. The van der Waals surface area contributed by atoms with Crippen LogP contribution in [0.2, 0.25) is 0 Å². The molecule has 0 bridgehead atoms. The van der Waals surface area contributed by atoms with Crippen molar-refractivity contribution >= 4 is 17.5 Å². The summed E-state index contributed by atoms with van der Waals surface area (Å²) >= 11 is 0. The van der Waals surface area contributed by atoms with Crippen LogP contribution in [0.1, 0.15) is 36.6 Å². The van der Waals surface area contributed by atoms with Gasteiger partial charge in [-0.3, -0.25) is 14.4 Å². The van der Waals surface area contributed by atoms with Crippen LogP contribution in [0, 0.1) is 13.8 Å². The highest BCUT2D eigenvalue weighted by Crippen LogP contribution is 2.05. The zero-order valence-electron chi connectivity index (χ0n) is 15.5. The number of rotatable bonds is 7. The van der Waals surface area contributed by atoms with Crippen molar-refractivity contribution in [1.29, 1.82) is 0 Å². The molecule has 0 atom stereocenters. The smallest absolute Gasteiger partial charge is 0.274 e. The third kappa shape index (κ3) is 5.31. The lowest BCUT2D eigenvalue weighted by Gasteiger charge is -2.13. The molecule has 0 unspecified atom stereocenters. The van der Waals surface area contributed by atoms with E-state index >= 15 is 0 Å². The Kier molecular flexibility index (Phi) is 6.72. The number of amides is 2. The van der Waals surface area contributed by atoms with E-state index in [-0.39, 0.29) is 29.6 Å². The van der Waals surface area contributed by atoms with Crippen molar-refractivity contribution in [2.24, 2.45) is 0 Å². The maximum atomic E-state index is 12.5. The molecule has 2 aromatic rings. The van der Waals surface area contributed by atoms with Gasteiger partial charge in [0.25, 0.3) is 5.56 Å². The van der Waals surface area contributed by atoms with E-state index < -0.39 is 0 Å². The fourth-order valence-corrected chi connectivity index (χ4v) is 2.51. The summed E-state index contributed by atoms with van der Waals surface area (Å²) < 4.78 is 1.37. The SMILES string of the molecule is CCCC(=O)Nc1ccc(C)n(CC(=O)NCc2ccc(C)cc2)c1=O. The highest BCUT2D eigenvalue weighted by atomic mass is 16.2. The Balaban J connectivity index is 2.05. The number of carbonyl (C=O) groups is 2. The van der Waals surface area contributed by atoms with Crippen LogP contribution in [0.3, 0.4) is 0 Å². The van der Waals surface area contributed by atoms with Crippen LogP contribution in [0.5, 0.6) is 0 Å². The lowest BCUT2D eigenvalue weighted by Crippen LogP contribution is -2.34. The van der Waals surface area contributed by atoms with Gasteiger partial charge in [0.2, 0.25) is 11.8 Å². The van der Waals surface area contributed by atoms with Crippen LogP contribution in [0.25, 0.3) is 0 Å². The van der Waals surface area contributed by atoms with Gasteiger partial charge >= 0.3 is 0 Å². The summed E-state index contributed by atoms with van der Waals surface area (Å²) in [5, 5.41) is 5.43. The monoisotopic (exact) mass is 355 g/mol. The molecule has 0 fully saturated rings. The topological polar surface area (TPSA) is 80.2 Å². The first kappa shape index (κ1) is 19.4. The van der Waals surface area contributed by atoms with Crippen molar-refractivity contribution in [3.05, 3.63) is 63.6 Å². The van der Waals surface area contributed by atoms with E-state index in [1.54, 1.807) is 19.1 Å². The molecule has 0 saturated carbocycles. The zero-order chi connectivity index (χ0) is 19.1. The maximum absolute atomic E-state index is 12.5. The summed E-state index contributed by atoms with van der Waals surface area (Å²) in [4.78, 5) is 36.5. The minimum absolute atomic E-state index is 0.0893. The first-order valence-electron chi connectivity index (χ1n) is 8.73. The summed E-state index contributed by atoms with van der Waals surface area (Å²) in [7, 11) is 0. The fraction of sp³-hybridized carbons (Fsp3) is 0.350. The largest absolute Gasteiger partial charge is 0.350 e. The molecule has 1 aromatic heterocycles.